The van der Waals surface area contributed by atoms with Gasteiger partial charge in [0.2, 0.25) is 0 Å². The Morgan fingerprint density at radius 3 is 1.35 bits per heavy atom. The molecular weight excluding hydrogens is 212 g/mol. The summed E-state index contributed by atoms with van der Waals surface area (Å²) in [6.45, 7) is 18.2. The first kappa shape index (κ1) is 25.3. The van der Waals surface area contributed by atoms with Crippen molar-refractivity contribution in [1.29, 1.82) is 0 Å². The number of carboxylic acid groups (broad SMARTS) is 1. The molecule has 2 nitrogen and oxygen atoms in total. The van der Waals surface area contributed by atoms with Crippen molar-refractivity contribution in [2.24, 2.45) is 11.8 Å². The summed E-state index contributed by atoms with van der Waals surface area (Å²) in [6.07, 6.45) is 3.00. The molecule has 0 bridgehead atoms. The van der Waals surface area contributed by atoms with Crippen LogP contribution in [0.3, 0.4) is 0 Å². The average Bonchev–Trinajstić information content (AvgIpc) is 2.31. The predicted molar refractivity (Wildman–Crippen MR) is 79.5 cm³/mol. The van der Waals surface area contributed by atoms with E-state index in [0.29, 0.717) is 0 Å². The molecule has 0 aromatic carbocycles. The van der Waals surface area contributed by atoms with Crippen LogP contribution in [0.1, 0.15) is 81.6 Å². The molecule has 0 aromatic heterocycles. The first-order chi connectivity index (χ1) is 8.01. The Morgan fingerprint density at radius 1 is 1.00 bits per heavy atom. The summed E-state index contributed by atoms with van der Waals surface area (Å²) in [5.74, 6) is -0.542. The molecule has 0 aliphatic rings. The predicted octanol–water partition coefficient (Wildman–Crippen LogP) is 5.61. The van der Waals surface area contributed by atoms with Gasteiger partial charge in [0, 0.05) is 0 Å². The van der Waals surface area contributed by atoms with Crippen LogP contribution in [-0.4, -0.2) is 11.1 Å². The van der Waals surface area contributed by atoms with E-state index in [1.54, 1.807) is 0 Å². The van der Waals surface area contributed by atoms with Gasteiger partial charge in [0.25, 0.3) is 0 Å². The van der Waals surface area contributed by atoms with Crippen LogP contribution >= 0.6 is 0 Å². The maximum Gasteiger partial charge on any atom is 0.306 e. The molecule has 0 aromatic rings. The lowest BCUT2D eigenvalue weighted by molar-refractivity contribution is -0.143. The second kappa shape index (κ2) is 24.6. The monoisotopic (exact) mass is 248 g/mol. The average molecular weight is 248 g/mol. The highest BCUT2D eigenvalue weighted by atomic mass is 16.4. The van der Waals surface area contributed by atoms with E-state index in [1.165, 1.54) is 6.42 Å². The fourth-order valence-corrected chi connectivity index (χ4v) is 1.05. The van der Waals surface area contributed by atoms with Crippen LogP contribution in [0.4, 0.5) is 0 Å². The minimum Gasteiger partial charge on any atom is -0.481 e. The molecule has 0 aliphatic carbocycles. The van der Waals surface area contributed by atoms with Crippen LogP contribution in [0.15, 0.2) is 0 Å². The van der Waals surface area contributed by atoms with Gasteiger partial charge in [-0.15, -0.1) is 0 Å². The Hall–Kier alpha value is -0.530. The number of carbonyl (C=O) groups is 1. The lowest BCUT2D eigenvalue weighted by atomic mass is 9.92. The molecule has 1 atom stereocenters. The highest BCUT2D eigenvalue weighted by Gasteiger charge is 2.19. The third-order valence-corrected chi connectivity index (χ3v) is 1.72. The molecule has 1 N–H and O–H groups in total. The van der Waals surface area contributed by atoms with Crippen molar-refractivity contribution in [3.8, 4) is 0 Å². The Morgan fingerprint density at radius 2 is 1.29 bits per heavy atom. The van der Waals surface area contributed by atoms with E-state index >= 15 is 0 Å². The van der Waals surface area contributed by atoms with Crippen molar-refractivity contribution in [3.05, 3.63) is 0 Å². The molecule has 0 fully saturated rings. The Balaban J connectivity index is -0.000000102. The number of aliphatic carboxylic acids is 1. The van der Waals surface area contributed by atoms with E-state index in [-0.39, 0.29) is 11.8 Å². The minimum atomic E-state index is -0.656. The van der Waals surface area contributed by atoms with Gasteiger partial charge in [-0.3, -0.25) is 4.79 Å². The van der Waals surface area contributed by atoms with E-state index < -0.39 is 5.97 Å². The van der Waals surface area contributed by atoms with Crippen LogP contribution in [0, 0.1) is 11.8 Å². The molecule has 0 unspecified atom stereocenters. The van der Waals surface area contributed by atoms with Gasteiger partial charge in [-0.05, 0) is 12.3 Å². The quantitative estimate of drug-likeness (QED) is 0.702. The molecule has 0 saturated carbocycles. The van der Waals surface area contributed by atoms with Gasteiger partial charge in [0.05, 0.1) is 5.92 Å². The van der Waals surface area contributed by atoms with Crippen molar-refractivity contribution in [3.63, 3.8) is 0 Å². The van der Waals surface area contributed by atoms with Gasteiger partial charge in [0.15, 0.2) is 0 Å². The zero-order valence-corrected chi connectivity index (χ0v) is 13.6. The van der Waals surface area contributed by atoms with E-state index in [1.807, 2.05) is 48.5 Å². The van der Waals surface area contributed by atoms with Gasteiger partial charge in [-0.2, -0.15) is 0 Å². The molecule has 17 heavy (non-hydrogen) atoms. The maximum atomic E-state index is 10.5. The molecule has 108 valence electrons. The standard InChI is InChI=1S/C8H16O2.C3H8.2C2H6/c1-4-5-7(6(2)3)8(9)10;1-3-2;2*1-2/h6-7H,4-5H2,1-3H3,(H,9,10);3H2,1-2H3;2*1-2H3/t7-;;;/m0.../s1. The van der Waals surface area contributed by atoms with Crippen LogP contribution in [0.25, 0.3) is 0 Å². The molecule has 0 saturated heterocycles. The SMILES string of the molecule is CC.CC.CCC.CCC[C@H](C(=O)O)C(C)C. The minimum absolute atomic E-state index is 0.148. The van der Waals surface area contributed by atoms with Crippen LogP contribution in [-0.2, 0) is 4.79 Å². The Bertz CT molecular complexity index is 120. The van der Waals surface area contributed by atoms with E-state index in [0.717, 1.165) is 12.8 Å². The van der Waals surface area contributed by atoms with Crippen molar-refractivity contribution >= 4 is 5.97 Å². The number of carboxylic acids is 1. The Kier molecular flexibility index (Phi) is 36.7. The van der Waals surface area contributed by atoms with Crippen molar-refractivity contribution in [1.82, 2.24) is 0 Å². The third kappa shape index (κ3) is 25.6. The van der Waals surface area contributed by atoms with Gasteiger partial charge in [-0.25, -0.2) is 0 Å². The summed E-state index contributed by atoms with van der Waals surface area (Å²) in [7, 11) is 0. The second-order valence-electron chi connectivity index (χ2n) is 3.68. The molecule has 0 heterocycles. The van der Waals surface area contributed by atoms with E-state index in [4.69, 9.17) is 5.11 Å². The fourth-order valence-electron chi connectivity index (χ4n) is 1.05. The highest BCUT2D eigenvalue weighted by molar-refractivity contribution is 5.70. The van der Waals surface area contributed by atoms with Crippen LogP contribution in [0.2, 0.25) is 0 Å². The molecule has 0 spiro atoms. The molecule has 0 aliphatic heterocycles. The van der Waals surface area contributed by atoms with E-state index in [9.17, 15) is 4.79 Å². The van der Waals surface area contributed by atoms with Gasteiger partial charge in [-0.1, -0.05) is 75.2 Å². The summed E-state index contributed by atoms with van der Waals surface area (Å²) in [5.41, 5.74) is 0. The van der Waals surface area contributed by atoms with Crippen molar-refractivity contribution in [2.45, 2.75) is 81.6 Å². The highest BCUT2D eigenvalue weighted by Crippen LogP contribution is 2.16. The second-order valence-corrected chi connectivity index (χ2v) is 3.68. The molecule has 0 rings (SSSR count). The topological polar surface area (TPSA) is 37.3 Å². The van der Waals surface area contributed by atoms with Crippen LogP contribution < -0.4 is 0 Å². The molecule has 0 amide bonds. The van der Waals surface area contributed by atoms with E-state index in [2.05, 4.69) is 13.8 Å². The fraction of sp³-hybridized carbons (Fsp3) is 0.933. The zero-order valence-electron chi connectivity index (χ0n) is 13.6. The smallest absolute Gasteiger partial charge is 0.306 e. The lowest BCUT2D eigenvalue weighted by Crippen LogP contribution is -2.19. The third-order valence-electron chi connectivity index (χ3n) is 1.72. The van der Waals surface area contributed by atoms with Crippen molar-refractivity contribution in [2.75, 3.05) is 0 Å². The van der Waals surface area contributed by atoms with Gasteiger partial charge >= 0.3 is 5.97 Å². The summed E-state index contributed by atoms with van der Waals surface area (Å²) in [6, 6.07) is 0. The van der Waals surface area contributed by atoms with Gasteiger partial charge in [0.1, 0.15) is 0 Å². The molecule has 2 heteroatoms. The van der Waals surface area contributed by atoms with Crippen LogP contribution in [0.5, 0.6) is 0 Å². The first-order valence-corrected chi connectivity index (χ1v) is 7.23. The van der Waals surface area contributed by atoms with Gasteiger partial charge < -0.3 is 5.11 Å². The normalized spacial score (nSPS) is 9.76. The summed E-state index contributed by atoms with van der Waals surface area (Å²) in [4.78, 5) is 10.5. The number of hydrogen-bond donors (Lipinski definition) is 1. The Labute approximate surface area is 110 Å². The van der Waals surface area contributed by atoms with Crippen molar-refractivity contribution < 1.29 is 9.90 Å². The molecular formula is C15H36O2. The number of rotatable bonds is 4. The summed E-state index contributed by atoms with van der Waals surface area (Å²) in [5, 5.41) is 8.67. The first-order valence-electron chi connectivity index (χ1n) is 7.23. The maximum absolute atomic E-state index is 10.5. The lowest BCUT2D eigenvalue weighted by Gasteiger charge is -2.13. The number of hydrogen-bond acceptors (Lipinski definition) is 1. The summed E-state index contributed by atoms with van der Waals surface area (Å²) >= 11 is 0. The zero-order chi connectivity index (χ0) is 14.9. The largest absolute Gasteiger partial charge is 0.481 e. The summed E-state index contributed by atoms with van der Waals surface area (Å²) < 4.78 is 0. The molecule has 0 radical (unpaired) electrons.